The second kappa shape index (κ2) is 11.3. The molecule has 4 rings (SSSR count). The summed E-state index contributed by atoms with van der Waals surface area (Å²) in [6.07, 6.45) is 0.698. The first-order valence-corrected chi connectivity index (χ1v) is 12.3. The maximum atomic E-state index is 12.3. The van der Waals surface area contributed by atoms with Crippen molar-refractivity contribution >= 4 is 28.4 Å². The molecule has 8 nitrogen and oxygen atoms in total. The van der Waals surface area contributed by atoms with Crippen molar-refractivity contribution in [3.63, 3.8) is 0 Å². The molecule has 0 bridgehead atoms. The van der Waals surface area contributed by atoms with Crippen molar-refractivity contribution < 1.29 is 9.53 Å². The molecular weight excluding hydrogens is 448 g/mol. The summed E-state index contributed by atoms with van der Waals surface area (Å²) >= 11 is 1.46. The first-order chi connectivity index (χ1) is 16.5. The Bertz CT molecular complexity index is 1110. The Morgan fingerprint density at radius 1 is 1.12 bits per heavy atom. The lowest BCUT2D eigenvalue weighted by atomic mass is 10.1. The Balaban J connectivity index is 1.19. The molecule has 0 saturated carbocycles. The van der Waals surface area contributed by atoms with Gasteiger partial charge in [-0.1, -0.05) is 24.3 Å². The molecule has 2 heterocycles. The average molecular weight is 481 g/mol. The van der Waals surface area contributed by atoms with Gasteiger partial charge in [0.2, 0.25) is 5.13 Å². The van der Waals surface area contributed by atoms with Gasteiger partial charge in [0, 0.05) is 62.9 Å². The number of carbonyl (C=O) groups is 1. The summed E-state index contributed by atoms with van der Waals surface area (Å²) in [7, 11) is 1.68. The molecule has 3 aromatic rings. The minimum Gasteiger partial charge on any atom is -0.497 e. The molecule has 0 aliphatic carbocycles. The van der Waals surface area contributed by atoms with Crippen molar-refractivity contribution in [3.8, 4) is 5.75 Å². The molecule has 9 heteroatoms. The molecule has 34 heavy (non-hydrogen) atoms. The highest BCUT2D eigenvalue weighted by Gasteiger charge is 2.20. The number of ether oxygens (including phenoxy) is 1. The van der Waals surface area contributed by atoms with Crippen molar-refractivity contribution in [2.24, 2.45) is 0 Å². The third-order valence-electron chi connectivity index (χ3n) is 6.16. The number of nitrogens with one attached hydrogen (secondary N) is 2. The Morgan fingerprint density at radius 2 is 1.91 bits per heavy atom. The van der Waals surface area contributed by atoms with Crippen molar-refractivity contribution in [2.75, 3.05) is 56.6 Å². The minimum absolute atomic E-state index is 0.162. The van der Waals surface area contributed by atoms with E-state index in [0.717, 1.165) is 66.2 Å². The van der Waals surface area contributed by atoms with Gasteiger partial charge in [0.25, 0.3) is 0 Å². The molecule has 0 radical (unpaired) electrons. The van der Waals surface area contributed by atoms with Crippen LogP contribution >= 0.6 is 11.5 Å². The third kappa shape index (κ3) is 6.24. The summed E-state index contributed by atoms with van der Waals surface area (Å²) in [4.78, 5) is 21.7. The van der Waals surface area contributed by atoms with E-state index in [2.05, 4.69) is 30.9 Å². The van der Waals surface area contributed by atoms with Gasteiger partial charge in [0.05, 0.1) is 7.11 Å². The van der Waals surface area contributed by atoms with Crippen LogP contribution in [0.5, 0.6) is 5.75 Å². The Hall–Kier alpha value is -3.17. The highest BCUT2D eigenvalue weighted by Crippen LogP contribution is 2.22. The molecule has 2 amide bonds. The summed E-state index contributed by atoms with van der Waals surface area (Å²) in [5.74, 6) is 1.69. The predicted molar refractivity (Wildman–Crippen MR) is 137 cm³/mol. The van der Waals surface area contributed by atoms with Gasteiger partial charge in [-0.05, 0) is 48.7 Å². The molecule has 1 aliphatic heterocycles. The molecule has 1 saturated heterocycles. The normalized spacial score (nSPS) is 14.1. The van der Waals surface area contributed by atoms with E-state index in [9.17, 15) is 4.79 Å². The van der Waals surface area contributed by atoms with Gasteiger partial charge in [0.15, 0.2) is 0 Å². The van der Waals surface area contributed by atoms with Crippen LogP contribution in [0.2, 0.25) is 0 Å². The molecule has 2 N–H and O–H groups in total. The second-order valence-electron chi connectivity index (χ2n) is 8.48. The number of hydrogen-bond donors (Lipinski definition) is 2. The predicted octanol–water partition coefficient (Wildman–Crippen LogP) is 3.70. The van der Waals surface area contributed by atoms with Gasteiger partial charge in [-0.25, -0.2) is 9.78 Å². The van der Waals surface area contributed by atoms with Crippen LogP contribution < -0.4 is 20.3 Å². The number of aromatic nitrogens is 2. The highest BCUT2D eigenvalue weighted by molar-refractivity contribution is 7.09. The zero-order chi connectivity index (χ0) is 23.9. The first-order valence-electron chi connectivity index (χ1n) is 11.6. The van der Waals surface area contributed by atoms with Crippen molar-refractivity contribution in [1.82, 2.24) is 19.6 Å². The van der Waals surface area contributed by atoms with Crippen molar-refractivity contribution in [3.05, 3.63) is 65.0 Å². The lowest BCUT2D eigenvalue weighted by molar-refractivity contribution is 0.240. The summed E-state index contributed by atoms with van der Waals surface area (Å²) in [5, 5.41) is 6.89. The number of anilines is 2. The van der Waals surface area contributed by atoms with Crippen LogP contribution in [0.25, 0.3) is 0 Å². The highest BCUT2D eigenvalue weighted by atomic mass is 32.1. The number of amides is 2. The van der Waals surface area contributed by atoms with Gasteiger partial charge < -0.3 is 20.3 Å². The molecule has 1 aliphatic rings. The average Bonchev–Trinajstić information content (AvgIpc) is 3.31. The fraction of sp³-hybridized carbons (Fsp3) is 0.400. The standard InChI is InChI=1S/C25H32N6O2S/c1-18-6-4-9-22(19(18)2)27-24(32)26-10-11-30-12-14-31(15-13-30)25-28-23(29-34-25)17-20-7-5-8-21(16-20)33-3/h4-9,16H,10-15,17H2,1-3H3,(H2,26,27,32). The fourth-order valence-corrected chi connectivity index (χ4v) is 4.69. The van der Waals surface area contributed by atoms with Gasteiger partial charge >= 0.3 is 6.03 Å². The van der Waals surface area contributed by atoms with Gasteiger partial charge in [-0.2, -0.15) is 4.37 Å². The number of aryl methyl sites for hydroxylation is 1. The zero-order valence-electron chi connectivity index (χ0n) is 20.0. The van der Waals surface area contributed by atoms with Gasteiger partial charge in [0.1, 0.15) is 11.6 Å². The van der Waals surface area contributed by atoms with E-state index in [1.807, 2.05) is 50.2 Å². The van der Waals surface area contributed by atoms with E-state index >= 15 is 0 Å². The molecule has 0 atom stereocenters. The van der Waals surface area contributed by atoms with Crippen LogP contribution in [0.15, 0.2) is 42.5 Å². The molecule has 1 fully saturated rings. The second-order valence-corrected chi connectivity index (χ2v) is 9.21. The van der Waals surface area contributed by atoms with Crippen LogP contribution in [0.1, 0.15) is 22.5 Å². The zero-order valence-corrected chi connectivity index (χ0v) is 20.8. The van der Waals surface area contributed by atoms with Gasteiger partial charge in [-0.15, -0.1) is 0 Å². The third-order valence-corrected chi connectivity index (χ3v) is 6.98. The number of carbonyl (C=O) groups excluding carboxylic acids is 1. The molecule has 0 unspecified atom stereocenters. The molecule has 0 spiro atoms. The maximum absolute atomic E-state index is 12.3. The van der Waals surface area contributed by atoms with Crippen LogP contribution in [-0.2, 0) is 6.42 Å². The number of urea groups is 1. The molecule has 180 valence electrons. The van der Waals surface area contributed by atoms with Crippen LogP contribution in [0.3, 0.4) is 0 Å². The maximum Gasteiger partial charge on any atom is 0.319 e. The monoisotopic (exact) mass is 480 g/mol. The number of benzene rings is 2. The number of methoxy groups -OCH3 is 1. The van der Waals surface area contributed by atoms with E-state index in [1.165, 1.54) is 17.1 Å². The Morgan fingerprint density at radius 3 is 2.71 bits per heavy atom. The smallest absolute Gasteiger partial charge is 0.319 e. The van der Waals surface area contributed by atoms with E-state index < -0.39 is 0 Å². The minimum atomic E-state index is -0.162. The largest absolute Gasteiger partial charge is 0.497 e. The van der Waals surface area contributed by atoms with Crippen LogP contribution in [0, 0.1) is 13.8 Å². The number of nitrogens with zero attached hydrogens (tertiary/aromatic N) is 4. The summed E-state index contributed by atoms with van der Waals surface area (Å²) in [5.41, 5.74) is 4.26. The molecule has 2 aromatic carbocycles. The number of piperazine rings is 1. The lowest BCUT2D eigenvalue weighted by Gasteiger charge is -2.34. The quantitative estimate of drug-likeness (QED) is 0.512. The van der Waals surface area contributed by atoms with E-state index in [1.54, 1.807) is 7.11 Å². The molecular formula is C25H32N6O2S. The van der Waals surface area contributed by atoms with E-state index in [4.69, 9.17) is 9.72 Å². The Labute approximate surface area is 205 Å². The Kier molecular flexibility index (Phi) is 7.97. The molecule has 1 aromatic heterocycles. The first kappa shape index (κ1) is 24.0. The SMILES string of the molecule is COc1cccc(Cc2nsc(N3CCN(CCNC(=O)Nc4cccc(C)c4C)CC3)n2)c1. The summed E-state index contributed by atoms with van der Waals surface area (Å²) in [6.45, 7) is 9.18. The summed E-state index contributed by atoms with van der Waals surface area (Å²) < 4.78 is 9.86. The number of rotatable bonds is 8. The fourth-order valence-electron chi connectivity index (χ4n) is 3.95. The van der Waals surface area contributed by atoms with E-state index in [-0.39, 0.29) is 6.03 Å². The topological polar surface area (TPSA) is 82.6 Å². The number of hydrogen-bond acceptors (Lipinski definition) is 7. The van der Waals surface area contributed by atoms with E-state index in [0.29, 0.717) is 13.0 Å². The van der Waals surface area contributed by atoms with Crippen LogP contribution in [0.4, 0.5) is 15.6 Å². The van der Waals surface area contributed by atoms with Gasteiger partial charge in [-0.3, -0.25) is 4.90 Å². The van der Waals surface area contributed by atoms with Crippen LogP contribution in [-0.4, -0.2) is 66.7 Å². The van der Waals surface area contributed by atoms with Crippen molar-refractivity contribution in [2.45, 2.75) is 20.3 Å². The summed E-state index contributed by atoms with van der Waals surface area (Å²) in [6, 6.07) is 13.8. The lowest BCUT2D eigenvalue weighted by Crippen LogP contribution is -2.48. The van der Waals surface area contributed by atoms with Crippen molar-refractivity contribution in [1.29, 1.82) is 0 Å².